The van der Waals surface area contributed by atoms with Gasteiger partial charge in [0, 0.05) is 34.4 Å². The largest absolute Gasteiger partial charge is 0.344 e. The van der Waals surface area contributed by atoms with E-state index in [2.05, 4.69) is 175 Å². The molecule has 0 aliphatic carbocycles. The van der Waals surface area contributed by atoms with Crippen molar-refractivity contribution in [1.29, 1.82) is 0 Å². The van der Waals surface area contributed by atoms with Crippen LogP contribution in [0.15, 0.2) is 103 Å². The van der Waals surface area contributed by atoms with Gasteiger partial charge < -0.3 is 9.47 Å². The van der Waals surface area contributed by atoms with Crippen LogP contribution in [0.3, 0.4) is 0 Å². The summed E-state index contributed by atoms with van der Waals surface area (Å²) in [5.74, 6) is 1.12. The predicted molar refractivity (Wildman–Crippen MR) is 205 cm³/mol. The molecule has 0 radical (unpaired) electrons. The van der Waals surface area contributed by atoms with E-state index in [9.17, 15) is 0 Å². The third kappa shape index (κ3) is 5.77. The van der Waals surface area contributed by atoms with Gasteiger partial charge in [-0.3, -0.25) is 0 Å². The lowest BCUT2D eigenvalue weighted by Gasteiger charge is -2.42. The molecule has 1 aliphatic rings. The second-order valence-corrected chi connectivity index (χ2v) is 14.3. The fourth-order valence-electron chi connectivity index (χ4n) is 7.65. The summed E-state index contributed by atoms with van der Waals surface area (Å²) in [5.41, 5.74) is 14.9. The Balaban J connectivity index is 0.000000424. The number of benzene rings is 5. The highest BCUT2D eigenvalue weighted by Gasteiger charge is 2.37. The second kappa shape index (κ2) is 13.1. The highest BCUT2D eigenvalue weighted by atomic mass is 15.2. The molecule has 0 amide bonds. The molecule has 242 valence electrons. The lowest BCUT2D eigenvalue weighted by atomic mass is 9.73. The van der Waals surface area contributed by atoms with E-state index in [4.69, 9.17) is 0 Å². The highest BCUT2D eigenvalue weighted by molar-refractivity contribution is 6.11. The Labute approximate surface area is 283 Å². The first-order valence-electron chi connectivity index (χ1n) is 17.7. The van der Waals surface area contributed by atoms with Crippen molar-refractivity contribution in [2.24, 2.45) is 7.05 Å². The van der Waals surface area contributed by atoms with E-state index < -0.39 is 0 Å². The van der Waals surface area contributed by atoms with E-state index >= 15 is 0 Å². The van der Waals surface area contributed by atoms with Crippen LogP contribution in [0.5, 0.6) is 0 Å². The molecular weight excluding hydrogens is 569 g/mol. The zero-order valence-electron chi connectivity index (χ0n) is 30.0. The van der Waals surface area contributed by atoms with Crippen molar-refractivity contribution >= 4 is 38.9 Å². The van der Waals surface area contributed by atoms with Crippen LogP contribution >= 0.6 is 0 Å². The molecule has 0 saturated heterocycles. The van der Waals surface area contributed by atoms with Gasteiger partial charge in [-0.25, -0.2) is 0 Å². The summed E-state index contributed by atoms with van der Waals surface area (Å²) in [5, 5.41) is 2.75. The number of fused-ring (bicyclic) bond motifs is 5. The minimum Gasteiger partial charge on any atom is -0.344 e. The molecule has 0 spiro atoms. The Morgan fingerprint density at radius 3 is 1.83 bits per heavy atom. The lowest BCUT2D eigenvalue weighted by molar-refractivity contribution is 0.633. The molecule has 1 aliphatic heterocycles. The van der Waals surface area contributed by atoms with Gasteiger partial charge in [-0.05, 0) is 114 Å². The summed E-state index contributed by atoms with van der Waals surface area (Å²) in [7, 11) is 2.25. The van der Waals surface area contributed by atoms with Crippen LogP contribution in [0.25, 0.3) is 21.8 Å². The third-order valence-corrected chi connectivity index (χ3v) is 10.9. The molecule has 1 aromatic heterocycles. The Morgan fingerprint density at radius 2 is 1.19 bits per heavy atom. The van der Waals surface area contributed by atoms with Gasteiger partial charge in [-0.1, -0.05) is 109 Å². The Hall–Kier alpha value is -4.30. The predicted octanol–water partition coefficient (Wildman–Crippen LogP) is 13.2. The molecule has 7 rings (SSSR count). The van der Waals surface area contributed by atoms with E-state index in [1.807, 2.05) is 0 Å². The molecule has 2 unspecified atom stereocenters. The van der Waals surface area contributed by atoms with Crippen molar-refractivity contribution in [2.45, 2.75) is 91.9 Å². The van der Waals surface area contributed by atoms with E-state index in [0.29, 0.717) is 11.8 Å². The zero-order valence-corrected chi connectivity index (χ0v) is 30.0. The minimum atomic E-state index is -0.108. The SMILES string of the molecule is CCCC(C)c1cc2c(cc1C(C)CC)c1cc3c(cc1n2C)N(c1ccccc1)c1ccccc1C3(C)C.Cc1ccccc1C. The third-order valence-electron chi connectivity index (χ3n) is 10.9. The molecule has 2 heteroatoms. The van der Waals surface area contributed by atoms with E-state index in [1.165, 1.54) is 85.1 Å². The summed E-state index contributed by atoms with van der Waals surface area (Å²) in [6.07, 6.45) is 3.60. The Morgan fingerprint density at radius 1 is 0.617 bits per heavy atom. The van der Waals surface area contributed by atoms with Crippen molar-refractivity contribution in [2.75, 3.05) is 4.90 Å². The summed E-state index contributed by atoms with van der Waals surface area (Å²) >= 11 is 0. The van der Waals surface area contributed by atoms with Gasteiger partial charge in [-0.15, -0.1) is 0 Å². The van der Waals surface area contributed by atoms with Crippen LogP contribution in [0.4, 0.5) is 17.1 Å². The van der Waals surface area contributed by atoms with Crippen LogP contribution in [-0.2, 0) is 12.5 Å². The fraction of sp³-hybridized carbons (Fsp3) is 0.333. The zero-order chi connectivity index (χ0) is 33.5. The quantitative estimate of drug-likeness (QED) is 0.180. The molecule has 5 aromatic carbocycles. The summed E-state index contributed by atoms with van der Waals surface area (Å²) in [6.45, 7) is 18.4. The number of aromatic nitrogens is 1. The molecule has 0 saturated carbocycles. The van der Waals surface area contributed by atoms with Crippen LogP contribution in [0.2, 0.25) is 0 Å². The van der Waals surface area contributed by atoms with Crippen molar-refractivity contribution in [3.8, 4) is 0 Å². The molecular formula is C45H52N2. The van der Waals surface area contributed by atoms with Crippen LogP contribution in [0.1, 0.15) is 106 Å². The summed E-state index contributed by atoms with van der Waals surface area (Å²) in [4.78, 5) is 2.46. The Bertz CT molecular complexity index is 2010. The standard InChI is InChI=1S/C37H42N2.C8H10/c1-8-15-25(4)28-22-34-29(20-27(28)24(3)9-2)30-21-32-36(23-35(30)38(34)7)39(26-16-11-10-12-17-26)33-19-14-13-18-31(33)37(32,5)6;1-7-5-3-4-6-8(7)2/h10-14,16-25H,8-9,15H2,1-7H3;3-6H,1-2H3. The topological polar surface area (TPSA) is 8.17 Å². The monoisotopic (exact) mass is 620 g/mol. The first-order valence-corrected chi connectivity index (χ1v) is 17.7. The lowest BCUT2D eigenvalue weighted by Crippen LogP contribution is -2.30. The molecule has 0 N–H and O–H groups in total. The molecule has 0 fully saturated rings. The van der Waals surface area contributed by atoms with Crippen molar-refractivity contribution in [3.05, 3.63) is 137 Å². The maximum absolute atomic E-state index is 2.54. The number of para-hydroxylation sites is 2. The summed E-state index contributed by atoms with van der Waals surface area (Å²) in [6, 6.07) is 38.1. The van der Waals surface area contributed by atoms with E-state index in [1.54, 1.807) is 0 Å². The first-order chi connectivity index (χ1) is 22.6. The van der Waals surface area contributed by atoms with E-state index in [-0.39, 0.29) is 5.41 Å². The van der Waals surface area contributed by atoms with Gasteiger partial charge in [0.2, 0.25) is 0 Å². The van der Waals surface area contributed by atoms with Gasteiger partial charge in [-0.2, -0.15) is 0 Å². The number of anilines is 3. The molecule has 6 aromatic rings. The van der Waals surface area contributed by atoms with Gasteiger partial charge >= 0.3 is 0 Å². The average Bonchev–Trinajstić information content (AvgIpc) is 3.35. The summed E-state index contributed by atoms with van der Waals surface area (Å²) < 4.78 is 2.43. The Kier molecular flexibility index (Phi) is 9.07. The van der Waals surface area contributed by atoms with Crippen LogP contribution in [0, 0.1) is 13.8 Å². The first kappa shape index (κ1) is 32.6. The highest BCUT2D eigenvalue weighted by Crippen LogP contribution is 2.53. The fourth-order valence-corrected chi connectivity index (χ4v) is 7.65. The molecule has 2 nitrogen and oxygen atoms in total. The van der Waals surface area contributed by atoms with Gasteiger partial charge in [0.05, 0.1) is 16.9 Å². The number of rotatable bonds is 6. The van der Waals surface area contributed by atoms with Gasteiger partial charge in [0.25, 0.3) is 0 Å². The minimum absolute atomic E-state index is 0.108. The average molecular weight is 621 g/mol. The maximum Gasteiger partial charge on any atom is 0.0523 e. The number of aryl methyl sites for hydroxylation is 3. The van der Waals surface area contributed by atoms with Crippen molar-refractivity contribution < 1.29 is 0 Å². The number of nitrogens with zero attached hydrogens (tertiary/aromatic N) is 2. The molecule has 2 heterocycles. The van der Waals surface area contributed by atoms with Crippen LogP contribution < -0.4 is 4.90 Å². The molecule has 47 heavy (non-hydrogen) atoms. The van der Waals surface area contributed by atoms with Crippen molar-refractivity contribution in [1.82, 2.24) is 4.57 Å². The maximum atomic E-state index is 2.54. The van der Waals surface area contributed by atoms with Crippen molar-refractivity contribution in [3.63, 3.8) is 0 Å². The van der Waals surface area contributed by atoms with Gasteiger partial charge in [0.1, 0.15) is 0 Å². The number of hydrogen-bond donors (Lipinski definition) is 0. The van der Waals surface area contributed by atoms with Crippen LogP contribution in [-0.4, -0.2) is 4.57 Å². The number of hydrogen-bond acceptors (Lipinski definition) is 1. The normalized spacial score (nSPS) is 14.7. The van der Waals surface area contributed by atoms with E-state index in [0.717, 1.165) is 6.42 Å². The van der Waals surface area contributed by atoms with Gasteiger partial charge in [0.15, 0.2) is 0 Å². The molecule has 0 bridgehead atoms. The smallest absolute Gasteiger partial charge is 0.0523 e. The second-order valence-electron chi connectivity index (χ2n) is 14.3. The molecule has 2 atom stereocenters.